The van der Waals surface area contributed by atoms with Gasteiger partial charge in [-0.05, 0) is 11.4 Å². The highest BCUT2D eigenvalue weighted by molar-refractivity contribution is 8.03. The molecule has 0 bridgehead atoms. The van der Waals surface area contributed by atoms with E-state index in [0.717, 1.165) is 4.88 Å². The van der Waals surface area contributed by atoms with E-state index in [4.69, 9.17) is 0 Å². The molecule has 0 aliphatic carbocycles. The fraction of sp³-hybridized carbons (Fsp3) is 0.222. The minimum atomic E-state index is -1.39. The van der Waals surface area contributed by atoms with Crippen molar-refractivity contribution >= 4 is 29.0 Å². The number of aliphatic hydroxyl groups is 1. The molecule has 1 amide bonds. The van der Waals surface area contributed by atoms with Gasteiger partial charge in [-0.3, -0.25) is 9.69 Å². The average Bonchev–Trinajstić information content (AvgIpc) is 3.25. The van der Waals surface area contributed by atoms with Crippen molar-refractivity contribution in [2.75, 3.05) is 5.75 Å². The molecule has 1 N–H and O–H groups in total. The number of amides is 1. The van der Waals surface area contributed by atoms with Crippen LogP contribution in [-0.2, 0) is 10.5 Å². The van der Waals surface area contributed by atoms with Crippen LogP contribution in [0.3, 0.4) is 0 Å². The number of fused-ring (bicyclic) bond motifs is 1. The first-order valence-electron chi connectivity index (χ1n) is 7.56. The van der Waals surface area contributed by atoms with Crippen LogP contribution >= 0.6 is 23.1 Å². The molecule has 4 rings (SSSR count). The number of thiophene rings is 1. The number of benzene rings is 1. The minimum Gasteiger partial charge on any atom is -0.366 e. The average molecular weight is 354 g/mol. The summed E-state index contributed by atoms with van der Waals surface area (Å²) < 4.78 is 0. The molecule has 24 heavy (non-hydrogen) atoms. The van der Waals surface area contributed by atoms with E-state index >= 15 is 0 Å². The summed E-state index contributed by atoms with van der Waals surface area (Å²) >= 11 is 2.94. The molecule has 1 fully saturated rings. The highest BCUT2D eigenvalue weighted by Gasteiger charge is 2.51. The molecular formula is C18H14N2O2S2. The largest absolute Gasteiger partial charge is 0.366 e. The van der Waals surface area contributed by atoms with E-state index in [0.29, 0.717) is 21.9 Å². The molecular weight excluding hydrogens is 340 g/mol. The molecule has 1 aromatic carbocycles. The molecule has 0 spiro atoms. The number of rotatable bonds is 2. The molecule has 0 radical (unpaired) electrons. The number of carbonyl (C=O) groups excluding carboxylic acids is 1. The van der Waals surface area contributed by atoms with Crippen LogP contribution in [0, 0.1) is 11.3 Å². The molecule has 2 aliphatic rings. The first-order valence-corrected chi connectivity index (χ1v) is 9.43. The first kappa shape index (κ1) is 15.5. The molecule has 2 atom stereocenters. The quantitative estimate of drug-likeness (QED) is 0.898. The van der Waals surface area contributed by atoms with E-state index in [9.17, 15) is 15.2 Å². The Labute approximate surface area is 148 Å². The Morgan fingerprint density at radius 3 is 2.71 bits per heavy atom. The zero-order valence-corrected chi connectivity index (χ0v) is 14.3. The minimum absolute atomic E-state index is 0.140. The number of hydrogen-bond acceptors (Lipinski definition) is 5. The van der Waals surface area contributed by atoms with E-state index in [2.05, 4.69) is 6.07 Å². The van der Waals surface area contributed by atoms with Crippen molar-refractivity contribution in [3.63, 3.8) is 0 Å². The highest BCUT2D eigenvalue weighted by Crippen LogP contribution is 2.52. The summed E-state index contributed by atoms with van der Waals surface area (Å²) in [5.74, 6) is -0.0152. The Morgan fingerprint density at radius 1 is 1.25 bits per heavy atom. The fourth-order valence-corrected chi connectivity index (χ4v) is 5.47. The van der Waals surface area contributed by atoms with Crippen LogP contribution < -0.4 is 0 Å². The summed E-state index contributed by atoms with van der Waals surface area (Å²) in [7, 11) is 0. The number of nitrogens with zero attached hydrogens (tertiary/aromatic N) is 2. The van der Waals surface area contributed by atoms with Gasteiger partial charge in [-0.15, -0.1) is 23.1 Å². The van der Waals surface area contributed by atoms with Gasteiger partial charge < -0.3 is 5.11 Å². The van der Waals surface area contributed by atoms with Crippen LogP contribution in [0.5, 0.6) is 0 Å². The van der Waals surface area contributed by atoms with E-state index in [-0.39, 0.29) is 18.2 Å². The number of hydrogen-bond donors (Lipinski definition) is 1. The zero-order valence-electron chi connectivity index (χ0n) is 12.7. The Bertz CT molecular complexity index is 855. The summed E-state index contributed by atoms with van der Waals surface area (Å²) in [6, 6.07) is 15.4. The second-order valence-electron chi connectivity index (χ2n) is 5.80. The van der Waals surface area contributed by atoms with Crippen LogP contribution in [0.15, 0.2) is 58.4 Å². The van der Waals surface area contributed by atoms with Gasteiger partial charge >= 0.3 is 0 Å². The van der Waals surface area contributed by atoms with Gasteiger partial charge in [0, 0.05) is 22.8 Å². The zero-order chi connectivity index (χ0) is 16.7. The van der Waals surface area contributed by atoms with Crippen molar-refractivity contribution in [3.05, 3.63) is 68.9 Å². The second-order valence-corrected chi connectivity index (χ2v) is 7.75. The topological polar surface area (TPSA) is 64.3 Å². The summed E-state index contributed by atoms with van der Waals surface area (Å²) in [5, 5.41) is 23.4. The number of allylic oxidation sites excluding steroid dienone is 1. The molecule has 120 valence electrons. The summed E-state index contributed by atoms with van der Waals surface area (Å²) in [5.41, 5.74) is -0.137. The van der Waals surface area contributed by atoms with Gasteiger partial charge in [0.25, 0.3) is 0 Å². The molecule has 0 saturated carbocycles. The van der Waals surface area contributed by atoms with Crippen LogP contribution in [0.4, 0.5) is 0 Å². The monoisotopic (exact) mass is 354 g/mol. The SMILES string of the molecule is N#CC1=C2SC[C@](O)(c3ccccc3)N2C(=O)C[C@H]1c1cccs1. The van der Waals surface area contributed by atoms with Crippen molar-refractivity contribution in [3.8, 4) is 6.07 Å². The molecule has 2 aromatic rings. The number of nitriles is 1. The number of carbonyl (C=O) groups is 1. The van der Waals surface area contributed by atoms with Gasteiger partial charge in [0.1, 0.15) is 0 Å². The highest BCUT2D eigenvalue weighted by atomic mass is 32.2. The van der Waals surface area contributed by atoms with Crippen LogP contribution in [0.25, 0.3) is 0 Å². The van der Waals surface area contributed by atoms with Gasteiger partial charge in [0.15, 0.2) is 5.72 Å². The van der Waals surface area contributed by atoms with E-state index in [1.54, 1.807) is 11.3 Å². The standard InChI is InChI=1S/C18H14N2O2S2/c19-10-14-13(15-7-4-8-23-15)9-16(21)20-17(14)24-11-18(20,22)12-5-2-1-3-6-12/h1-8,13,22H,9,11H2/t13-,18+/m1/s1. The molecule has 6 heteroatoms. The molecule has 4 nitrogen and oxygen atoms in total. The van der Waals surface area contributed by atoms with Crippen molar-refractivity contribution in [1.29, 1.82) is 5.26 Å². The van der Waals surface area contributed by atoms with Gasteiger partial charge in [-0.1, -0.05) is 36.4 Å². The lowest BCUT2D eigenvalue weighted by Crippen LogP contribution is -2.48. The third kappa shape index (κ3) is 2.20. The molecule has 3 heterocycles. The lowest BCUT2D eigenvalue weighted by atomic mass is 9.90. The van der Waals surface area contributed by atoms with Gasteiger partial charge in [0.2, 0.25) is 5.91 Å². The van der Waals surface area contributed by atoms with E-state index in [1.807, 2.05) is 47.8 Å². The lowest BCUT2D eigenvalue weighted by molar-refractivity contribution is -0.149. The lowest BCUT2D eigenvalue weighted by Gasteiger charge is -2.37. The van der Waals surface area contributed by atoms with E-state index < -0.39 is 5.72 Å². The molecule has 1 aromatic heterocycles. The maximum Gasteiger partial charge on any atom is 0.231 e. The van der Waals surface area contributed by atoms with Crippen molar-refractivity contribution in [2.24, 2.45) is 0 Å². The smallest absolute Gasteiger partial charge is 0.231 e. The Kier molecular flexibility index (Phi) is 3.72. The van der Waals surface area contributed by atoms with Crippen molar-refractivity contribution < 1.29 is 9.90 Å². The Morgan fingerprint density at radius 2 is 2.04 bits per heavy atom. The maximum atomic E-state index is 12.8. The fourth-order valence-electron chi connectivity index (χ4n) is 3.28. The van der Waals surface area contributed by atoms with Crippen LogP contribution in [-0.4, -0.2) is 21.7 Å². The van der Waals surface area contributed by atoms with Gasteiger partial charge in [-0.25, -0.2) is 0 Å². The van der Waals surface area contributed by atoms with E-state index in [1.165, 1.54) is 16.7 Å². The summed E-state index contributed by atoms with van der Waals surface area (Å²) in [6.45, 7) is 0. The number of thioether (sulfide) groups is 1. The third-order valence-corrected chi connectivity index (χ3v) is 6.64. The molecule has 1 saturated heterocycles. The summed E-state index contributed by atoms with van der Waals surface area (Å²) in [4.78, 5) is 15.3. The van der Waals surface area contributed by atoms with Gasteiger partial charge in [-0.2, -0.15) is 5.26 Å². The second kappa shape index (κ2) is 5.78. The van der Waals surface area contributed by atoms with Crippen LogP contribution in [0.2, 0.25) is 0 Å². The Hall–Kier alpha value is -2.07. The third-order valence-electron chi connectivity index (χ3n) is 4.43. The summed E-state index contributed by atoms with van der Waals surface area (Å²) in [6.07, 6.45) is 0.211. The maximum absolute atomic E-state index is 12.8. The Balaban J connectivity index is 1.83. The molecule has 2 aliphatic heterocycles. The predicted octanol–water partition coefficient (Wildman–Crippen LogP) is 3.39. The van der Waals surface area contributed by atoms with Gasteiger partial charge in [0.05, 0.1) is 22.4 Å². The van der Waals surface area contributed by atoms with Crippen LogP contribution in [0.1, 0.15) is 22.8 Å². The predicted molar refractivity (Wildman–Crippen MR) is 94.0 cm³/mol. The van der Waals surface area contributed by atoms with Crippen molar-refractivity contribution in [2.45, 2.75) is 18.1 Å². The first-order chi connectivity index (χ1) is 11.6. The normalized spacial score (nSPS) is 26.4. The molecule has 0 unspecified atom stereocenters. The van der Waals surface area contributed by atoms with Crippen molar-refractivity contribution in [1.82, 2.24) is 4.90 Å².